The fourth-order valence-electron chi connectivity index (χ4n) is 3.30. The van der Waals surface area contributed by atoms with E-state index in [1.807, 2.05) is 6.20 Å². The molecule has 3 rings (SSSR count). The topological polar surface area (TPSA) is 29.9 Å². The second-order valence-corrected chi connectivity index (χ2v) is 6.95. The van der Waals surface area contributed by atoms with Gasteiger partial charge < -0.3 is 9.88 Å². The highest BCUT2D eigenvalue weighted by Gasteiger charge is 2.42. The third-order valence-electron chi connectivity index (χ3n) is 4.76. The highest BCUT2D eigenvalue weighted by Crippen LogP contribution is 2.39. The summed E-state index contributed by atoms with van der Waals surface area (Å²) in [7, 11) is 0. The van der Waals surface area contributed by atoms with Crippen molar-refractivity contribution in [1.82, 2.24) is 14.9 Å². The molecule has 118 valence electrons. The second-order valence-electron chi connectivity index (χ2n) is 6.95. The lowest BCUT2D eigenvalue weighted by Gasteiger charge is -2.23. The van der Waals surface area contributed by atoms with E-state index >= 15 is 0 Å². The van der Waals surface area contributed by atoms with Crippen molar-refractivity contribution in [3.63, 3.8) is 0 Å². The molecule has 0 aliphatic heterocycles. The van der Waals surface area contributed by atoms with Crippen LogP contribution >= 0.6 is 0 Å². The zero-order valence-electron chi connectivity index (χ0n) is 14.0. The molecule has 0 amide bonds. The van der Waals surface area contributed by atoms with Crippen molar-refractivity contribution < 1.29 is 0 Å². The predicted molar refractivity (Wildman–Crippen MR) is 91.0 cm³/mol. The monoisotopic (exact) mass is 297 g/mol. The zero-order valence-corrected chi connectivity index (χ0v) is 14.0. The van der Waals surface area contributed by atoms with Crippen LogP contribution in [0, 0.1) is 13.8 Å². The van der Waals surface area contributed by atoms with E-state index in [9.17, 15) is 0 Å². The molecule has 0 bridgehead atoms. The smallest absolute Gasteiger partial charge is 0.105 e. The lowest BCUT2D eigenvalue weighted by atomic mass is 10.0. The van der Waals surface area contributed by atoms with Crippen LogP contribution in [0.3, 0.4) is 0 Å². The fraction of sp³-hybridized carbons (Fsp3) is 0.526. The Morgan fingerprint density at radius 1 is 1.32 bits per heavy atom. The predicted octanol–water partition coefficient (Wildman–Crippen LogP) is 3.64. The molecule has 1 unspecified atom stereocenters. The number of rotatable bonds is 7. The van der Waals surface area contributed by atoms with Crippen molar-refractivity contribution in [3.05, 3.63) is 53.6 Å². The molecule has 1 fully saturated rings. The first kappa shape index (κ1) is 15.3. The largest absolute Gasteiger partial charge is 0.335 e. The van der Waals surface area contributed by atoms with Crippen molar-refractivity contribution in [2.45, 2.75) is 64.6 Å². The van der Waals surface area contributed by atoms with Gasteiger partial charge in [0.15, 0.2) is 0 Å². The number of aromatic nitrogens is 2. The molecule has 2 aromatic rings. The molecule has 1 heterocycles. The number of imidazole rings is 1. The van der Waals surface area contributed by atoms with E-state index in [4.69, 9.17) is 0 Å². The third kappa shape index (κ3) is 3.77. The molecule has 3 nitrogen and oxygen atoms in total. The third-order valence-corrected chi connectivity index (χ3v) is 4.76. The van der Waals surface area contributed by atoms with E-state index in [1.54, 1.807) is 0 Å². The van der Waals surface area contributed by atoms with Crippen molar-refractivity contribution >= 4 is 0 Å². The average molecular weight is 297 g/mol. The summed E-state index contributed by atoms with van der Waals surface area (Å²) in [4.78, 5) is 4.29. The molecule has 1 aliphatic carbocycles. The molecule has 1 aliphatic rings. The van der Waals surface area contributed by atoms with Crippen LogP contribution in [0.1, 0.15) is 43.1 Å². The van der Waals surface area contributed by atoms with E-state index in [2.05, 4.69) is 66.1 Å². The summed E-state index contributed by atoms with van der Waals surface area (Å²) < 4.78 is 2.23. The molecule has 1 aromatic heterocycles. The molecule has 3 heteroatoms. The van der Waals surface area contributed by atoms with Crippen LogP contribution in [0.2, 0.25) is 0 Å². The van der Waals surface area contributed by atoms with Gasteiger partial charge in [-0.1, -0.05) is 29.8 Å². The van der Waals surface area contributed by atoms with Gasteiger partial charge in [0.05, 0.1) is 0 Å². The van der Waals surface area contributed by atoms with E-state index in [1.165, 1.54) is 24.0 Å². The Morgan fingerprint density at radius 2 is 2.14 bits per heavy atom. The van der Waals surface area contributed by atoms with Gasteiger partial charge in [-0.3, -0.25) is 0 Å². The molecule has 1 aromatic carbocycles. The number of nitrogens with one attached hydrogen (secondary N) is 1. The van der Waals surface area contributed by atoms with Crippen LogP contribution in [0.5, 0.6) is 0 Å². The maximum absolute atomic E-state index is 4.29. The average Bonchev–Trinajstić information content (AvgIpc) is 3.08. The highest BCUT2D eigenvalue weighted by molar-refractivity contribution is 5.26. The summed E-state index contributed by atoms with van der Waals surface area (Å²) in [6.45, 7) is 7.59. The van der Waals surface area contributed by atoms with Crippen molar-refractivity contribution in [1.29, 1.82) is 0 Å². The Morgan fingerprint density at radius 3 is 2.77 bits per heavy atom. The normalized spacial score (nSPS) is 17.4. The minimum Gasteiger partial charge on any atom is -0.335 e. The van der Waals surface area contributed by atoms with Gasteiger partial charge in [0.1, 0.15) is 5.82 Å². The summed E-state index contributed by atoms with van der Waals surface area (Å²) in [6, 6.07) is 9.46. The highest BCUT2D eigenvalue weighted by atomic mass is 15.1. The quantitative estimate of drug-likeness (QED) is 0.845. The van der Waals surface area contributed by atoms with Gasteiger partial charge in [-0.25, -0.2) is 4.98 Å². The summed E-state index contributed by atoms with van der Waals surface area (Å²) in [5.41, 5.74) is 3.16. The Hall–Kier alpha value is -1.61. The second kappa shape index (κ2) is 6.25. The van der Waals surface area contributed by atoms with Gasteiger partial charge >= 0.3 is 0 Å². The number of aryl methyl sites for hydroxylation is 3. The molecule has 22 heavy (non-hydrogen) atoms. The van der Waals surface area contributed by atoms with Crippen molar-refractivity contribution in [2.75, 3.05) is 0 Å². The standard InChI is InChI=1S/C19H27N3/c1-15-5-4-6-18(13-15)14-19(8-9-19)21-16(2)7-11-22-12-10-20-17(22)3/h4-6,10,12-13,16,21H,7-9,11,14H2,1-3H3. The molecule has 0 spiro atoms. The van der Waals surface area contributed by atoms with Crippen LogP contribution in [-0.4, -0.2) is 21.1 Å². The zero-order chi connectivity index (χ0) is 15.6. The molecular formula is C19H27N3. The van der Waals surface area contributed by atoms with Crippen LogP contribution < -0.4 is 5.32 Å². The van der Waals surface area contributed by atoms with Gasteiger partial charge in [0, 0.05) is 30.5 Å². The van der Waals surface area contributed by atoms with E-state index in [0.29, 0.717) is 11.6 Å². The first-order chi connectivity index (χ1) is 10.6. The Labute approximate surface area is 133 Å². The molecular weight excluding hydrogens is 270 g/mol. The lowest BCUT2D eigenvalue weighted by Crippen LogP contribution is -2.40. The minimum absolute atomic E-state index is 0.344. The van der Waals surface area contributed by atoms with Gasteiger partial charge in [-0.15, -0.1) is 0 Å². The summed E-state index contributed by atoms with van der Waals surface area (Å²) in [5.74, 6) is 1.10. The Kier molecular flexibility index (Phi) is 4.34. The van der Waals surface area contributed by atoms with Gasteiger partial charge in [-0.05, 0) is 52.0 Å². The maximum Gasteiger partial charge on any atom is 0.105 e. The molecule has 1 N–H and O–H groups in total. The van der Waals surface area contributed by atoms with Gasteiger partial charge in [0.25, 0.3) is 0 Å². The number of nitrogens with zero attached hydrogens (tertiary/aromatic N) is 2. The van der Waals surface area contributed by atoms with E-state index in [-0.39, 0.29) is 0 Å². The SMILES string of the molecule is Cc1cccc(CC2(NC(C)CCn3ccnc3C)CC2)c1. The number of hydrogen-bond acceptors (Lipinski definition) is 2. The van der Waals surface area contributed by atoms with Gasteiger partial charge in [0.2, 0.25) is 0 Å². The fourth-order valence-corrected chi connectivity index (χ4v) is 3.30. The summed E-state index contributed by atoms with van der Waals surface area (Å²) in [5, 5.41) is 3.88. The molecule has 0 saturated heterocycles. The molecule has 0 radical (unpaired) electrons. The van der Waals surface area contributed by atoms with E-state index < -0.39 is 0 Å². The maximum atomic E-state index is 4.29. The number of benzene rings is 1. The molecule has 1 saturated carbocycles. The Bertz CT molecular complexity index is 625. The first-order valence-corrected chi connectivity index (χ1v) is 8.37. The summed E-state index contributed by atoms with van der Waals surface area (Å²) in [6.07, 6.45) is 8.86. The minimum atomic E-state index is 0.344. The van der Waals surface area contributed by atoms with Crippen molar-refractivity contribution in [3.8, 4) is 0 Å². The van der Waals surface area contributed by atoms with Crippen LogP contribution in [0.25, 0.3) is 0 Å². The van der Waals surface area contributed by atoms with Crippen LogP contribution in [0.15, 0.2) is 36.7 Å². The van der Waals surface area contributed by atoms with Crippen LogP contribution in [0.4, 0.5) is 0 Å². The molecule has 1 atom stereocenters. The van der Waals surface area contributed by atoms with Crippen molar-refractivity contribution in [2.24, 2.45) is 0 Å². The lowest BCUT2D eigenvalue weighted by molar-refractivity contribution is 0.392. The van der Waals surface area contributed by atoms with E-state index in [0.717, 1.165) is 25.2 Å². The van der Waals surface area contributed by atoms with Gasteiger partial charge in [-0.2, -0.15) is 0 Å². The first-order valence-electron chi connectivity index (χ1n) is 8.37. The number of hydrogen-bond donors (Lipinski definition) is 1. The summed E-state index contributed by atoms with van der Waals surface area (Å²) >= 11 is 0. The Balaban J connectivity index is 1.52. The van der Waals surface area contributed by atoms with Crippen LogP contribution in [-0.2, 0) is 13.0 Å².